The summed E-state index contributed by atoms with van der Waals surface area (Å²) in [7, 11) is 1.65. The zero-order chi connectivity index (χ0) is 13.1. The van der Waals surface area contributed by atoms with Crippen LogP contribution in [0.1, 0.15) is 26.3 Å². The molecule has 0 spiro atoms. The fourth-order valence-electron chi connectivity index (χ4n) is 1.22. The third-order valence-electron chi connectivity index (χ3n) is 1.97. The Morgan fingerprint density at radius 1 is 1.41 bits per heavy atom. The first kappa shape index (κ1) is 13.3. The van der Waals surface area contributed by atoms with Crippen molar-refractivity contribution >= 4 is 6.09 Å². The van der Waals surface area contributed by atoms with Crippen molar-refractivity contribution in [2.75, 3.05) is 7.05 Å². The van der Waals surface area contributed by atoms with Gasteiger partial charge in [0.05, 0.1) is 6.54 Å². The lowest BCUT2D eigenvalue weighted by Crippen LogP contribution is -2.33. The van der Waals surface area contributed by atoms with E-state index in [4.69, 9.17) is 4.74 Å². The van der Waals surface area contributed by atoms with Crippen molar-refractivity contribution in [3.05, 3.63) is 34.2 Å². The van der Waals surface area contributed by atoms with Gasteiger partial charge in [0, 0.05) is 19.3 Å². The van der Waals surface area contributed by atoms with Crippen LogP contribution in [0.4, 0.5) is 4.79 Å². The lowest BCUT2D eigenvalue weighted by atomic mass is 10.2. The summed E-state index contributed by atoms with van der Waals surface area (Å²) in [6.07, 6.45) is 1.20. The molecule has 1 aromatic rings. The molecule has 1 N–H and O–H groups in total. The summed E-state index contributed by atoms with van der Waals surface area (Å²) in [5.74, 6) is 0. The molecule has 0 unspecified atom stereocenters. The first-order valence-corrected chi connectivity index (χ1v) is 5.40. The van der Waals surface area contributed by atoms with Gasteiger partial charge in [-0.25, -0.2) is 4.79 Å². The van der Waals surface area contributed by atoms with Gasteiger partial charge in [0.1, 0.15) is 5.60 Å². The molecular weight excluding hydrogens is 220 g/mol. The standard InChI is InChI=1S/C12H18N2O3/c1-12(2,3)17-11(16)14(4)8-9-5-6-10(15)13-7-9/h5-7H,8H2,1-4H3,(H,13,15). The smallest absolute Gasteiger partial charge is 0.410 e. The quantitative estimate of drug-likeness (QED) is 0.853. The molecule has 0 saturated carbocycles. The van der Waals surface area contributed by atoms with E-state index in [9.17, 15) is 9.59 Å². The molecule has 1 aromatic heterocycles. The van der Waals surface area contributed by atoms with E-state index in [1.807, 2.05) is 20.8 Å². The molecule has 5 nitrogen and oxygen atoms in total. The number of ether oxygens (including phenoxy) is 1. The van der Waals surface area contributed by atoms with E-state index in [1.54, 1.807) is 19.3 Å². The second kappa shape index (κ2) is 5.03. The van der Waals surface area contributed by atoms with Crippen LogP contribution in [0.3, 0.4) is 0 Å². The van der Waals surface area contributed by atoms with Crippen LogP contribution in [-0.4, -0.2) is 28.6 Å². The lowest BCUT2D eigenvalue weighted by molar-refractivity contribution is 0.0285. The summed E-state index contributed by atoms with van der Waals surface area (Å²) in [5.41, 5.74) is 0.183. The van der Waals surface area contributed by atoms with E-state index in [1.165, 1.54) is 11.0 Å². The van der Waals surface area contributed by atoms with Crippen LogP contribution in [0.5, 0.6) is 0 Å². The van der Waals surface area contributed by atoms with Crippen molar-refractivity contribution < 1.29 is 9.53 Å². The predicted molar refractivity (Wildman–Crippen MR) is 64.8 cm³/mol. The molecule has 0 aliphatic rings. The number of aromatic amines is 1. The fourth-order valence-corrected chi connectivity index (χ4v) is 1.22. The average Bonchev–Trinajstić information content (AvgIpc) is 2.19. The monoisotopic (exact) mass is 238 g/mol. The lowest BCUT2D eigenvalue weighted by Gasteiger charge is -2.24. The number of hydrogen-bond donors (Lipinski definition) is 1. The van der Waals surface area contributed by atoms with Gasteiger partial charge >= 0.3 is 6.09 Å². The summed E-state index contributed by atoms with van der Waals surface area (Å²) in [6.45, 7) is 5.85. The number of pyridine rings is 1. The van der Waals surface area contributed by atoms with Crippen molar-refractivity contribution in [1.82, 2.24) is 9.88 Å². The van der Waals surface area contributed by atoms with Gasteiger partial charge in [0.15, 0.2) is 0 Å². The molecule has 17 heavy (non-hydrogen) atoms. The molecule has 0 bridgehead atoms. The maximum absolute atomic E-state index is 11.7. The molecule has 0 radical (unpaired) electrons. The summed E-state index contributed by atoms with van der Waals surface area (Å²) in [4.78, 5) is 26.5. The molecule has 5 heteroatoms. The van der Waals surface area contributed by atoms with Crippen molar-refractivity contribution in [1.29, 1.82) is 0 Å². The number of nitrogens with zero attached hydrogens (tertiary/aromatic N) is 1. The minimum absolute atomic E-state index is 0.159. The average molecular weight is 238 g/mol. The Bertz CT molecular complexity index is 425. The molecule has 0 saturated heterocycles. The summed E-state index contributed by atoms with van der Waals surface area (Å²) in [6, 6.07) is 3.11. The van der Waals surface area contributed by atoms with Crippen LogP contribution in [0.2, 0.25) is 0 Å². The zero-order valence-electron chi connectivity index (χ0n) is 10.6. The van der Waals surface area contributed by atoms with E-state index in [2.05, 4.69) is 4.98 Å². The third kappa shape index (κ3) is 4.72. The first-order chi connectivity index (χ1) is 7.78. The molecule has 0 aliphatic heterocycles. The second-order valence-electron chi connectivity index (χ2n) is 4.90. The minimum atomic E-state index is -0.504. The fraction of sp³-hybridized carbons (Fsp3) is 0.500. The van der Waals surface area contributed by atoms with E-state index >= 15 is 0 Å². The Labute approximate surface area is 100 Å². The van der Waals surface area contributed by atoms with Gasteiger partial charge < -0.3 is 14.6 Å². The van der Waals surface area contributed by atoms with Crippen LogP contribution in [-0.2, 0) is 11.3 Å². The molecule has 0 fully saturated rings. The SMILES string of the molecule is CN(Cc1ccc(=O)[nH]c1)C(=O)OC(C)(C)C. The molecule has 0 atom stereocenters. The van der Waals surface area contributed by atoms with Crippen LogP contribution >= 0.6 is 0 Å². The van der Waals surface area contributed by atoms with E-state index in [0.717, 1.165) is 5.56 Å². The first-order valence-electron chi connectivity index (χ1n) is 5.40. The Kier molecular flexibility index (Phi) is 3.93. The molecule has 94 valence electrons. The summed E-state index contributed by atoms with van der Waals surface area (Å²) < 4.78 is 5.21. The number of amides is 1. The molecule has 1 amide bonds. The molecular formula is C12H18N2O3. The number of rotatable bonds is 2. The van der Waals surface area contributed by atoms with E-state index in [0.29, 0.717) is 6.54 Å². The van der Waals surface area contributed by atoms with Crippen LogP contribution in [0.15, 0.2) is 23.1 Å². The Hall–Kier alpha value is -1.78. The zero-order valence-corrected chi connectivity index (χ0v) is 10.6. The summed E-state index contributed by atoms with van der Waals surface area (Å²) in [5, 5.41) is 0. The highest BCUT2D eigenvalue weighted by atomic mass is 16.6. The Morgan fingerprint density at radius 3 is 2.53 bits per heavy atom. The highest BCUT2D eigenvalue weighted by molar-refractivity contribution is 5.67. The highest BCUT2D eigenvalue weighted by Gasteiger charge is 2.19. The molecule has 0 aromatic carbocycles. The molecule has 1 rings (SSSR count). The Morgan fingerprint density at radius 2 is 2.06 bits per heavy atom. The second-order valence-corrected chi connectivity index (χ2v) is 4.90. The van der Waals surface area contributed by atoms with Crippen LogP contribution in [0.25, 0.3) is 0 Å². The number of nitrogens with one attached hydrogen (secondary N) is 1. The number of hydrogen-bond acceptors (Lipinski definition) is 3. The van der Waals surface area contributed by atoms with Crippen molar-refractivity contribution in [2.24, 2.45) is 0 Å². The third-order valence-corrected chi connectivity index (χ3v) is 1.97. The van der Waals surface area contributed by atoms with Crippen LogP contribution < -0.4 is 5.56 Å². The topological polar surface area (TPSA) is 62.4 Å². The van der Waals surface area contributed by atoms with Gasteiger partial charge in [0.2, 0.25) is 5.56 Å². The van der Waals surface area contributed by atoms with E-state index < -0.39 is 5.60 Å². The number of carbonyl (C=O) groups is 1. The minimum Gasteiger partial charge on any atom is -0.444 e. The molecule has 0 aliphatic carbocycles. The maximum Gasteiger partial charge on any atom is 0.410 e. The van der Waals surface area contributed by atoms with Gasteiger partial charge in [0.25, 0.3) is 0 Å². The van der Waals surface area contributed by atoms with Crippen LogP contribution in [0, 0.1) is 0 Å². The van der Waals surface area contributed by atoms with Crippen molar-refractivity contribution in [2.45, 2.75) is 32.9 Å². The predicted octanol–water partition coefficient (Wildman–Crippen LogP) is 1.74. The normalized spacial score (nSPS) is 11.1. The van der Waals surface area contributed by atoms with Gasteiger partial charge in [-0.3, -0.25) is 4.79 Å². The van der Waals surface area contributed by atoms with Gasteiger partial charge in [-0.05, 0) is 26.3 Å². The number of carbonyl (C=O) groups excluding carboxylic acids is 1. The number of H-pyrrole nitrogens is 1. The van der Waals surface area contributed by atoms with Gasteiger partial charge in [-0.15, -0.1) is 0 Å². The Balaban J connectivity index is 2.60. The van der Waals surface area contributed by atoms with Gasteiger partial charge in [-0.2, -0.15) is 0 Å². The summed E-state index contributed by atoms with van der Waals surface area (Å²) >= 11 is 0. The maximum atomic E-state index is 11.7. The molecule has 1 heterocycles. The van der Waals surface area contributed by atoms with E-state index in [-0.39, 0.29) is 11.7 Å². The van der Waals surface area contributed by atoms with Crippen molar-refractivity contribution in [3.63, 3.8) is 0 Å². The highest BCUT2D eigenvalue weighted by Crippen LogP contribution is 2.10. The number of aromatic nitrogens is 1. The van der Waals surface area contributed by atoms with Gasteiger partial charge in [-0.1, -0.05) is 6.07 Å². The van der Waals surface area contributed by atoms with Crippen molar-refractivity contribution in [3.8, 4) is 0 Å². The largest absolute Gasteiger partial charge is 0.444 e.